The van der Waals surface area contributed by atoms with E-state index in [9.17, 15) is 5.11 Å². The largest absolute Gasteiger partial charge is 0.389 e. The van der Waals surface area contributed by atoms with Crippen LogP contribution in [-0.2, 0) is 4.74 Å². The van der Waals surface area contributed by atoms with Crippen LogP contribution in [0.25, 0.3) is 0 Å². The van der Waals surface area contributed by atoms with Crippen LogP contribution in [-0.4, -0.2) is 61.5 Å². The molecule has 82 valence electrons. The van der Waals surface area contributed by atoms with Crippen LogP contribution in [0.1, 0.15) is 12.8 Å². The molecule has 2 fully saturated rings. The Balaban J connectivity index is 1.72. The summed E-state index contributed by atoms with van der Waals surface area (Å²) in [6, 6.07) is 0. The van der Waals surface area contributed by atoms with Gasteiger partial charge in [0.25, 0.3) is 0 Å². The van der Waals surface area contributed by atoms with E-state index in [1.807, 2.05) is 0 Å². The first-order chi connectivity index (χ1) is 6.86. The molecule has 0 saturated carbocycles. The van der Waals surface area contributed by atoms with E-state index in [4.69, 9.17) is 4.74 Å². The Morgan fingerprint density at radius 2 is 2.21 bits per heavy atom. The van der Waals surface area contributed by atoms with Gasteiger partial charge in [0, 0.05) is 39.3 Å². The molecule has 4 nitrogen and oxygen atoms in total. The average molecular weight is 200 g/mol. The van der Waals surface area contributed by atoms with Crippen molar-refractivity contribution in [1.29, 1.82) is 0 Å². The molecular weight excluding hydrogens is 180 g/mol. The van der Waals surface area contributed by atoms with E-state index in [-0.39, 0.29) is 12.2 Å². The fourth-order valence-corrected chi connectivity index (χ4v) is 2.18. The molecule has 0 aromatic heterocycles. The zero-order valence-corrected chi connectivity index (χ0v) is 8.61. The minimum absolute atomic E-state index is 0.0879. The molecule has 2 aliphatic heterocycles. The van der Waals surface area contributed by atoms with Gasteiger partial charge in [-0.3, -0.25) is 4.90 Å². The van der Waals surface area contributed by atoms with E-state index in [0.29, 0.717) is 0 Å². The van der Waals surface area contributed by atoms with Crippen LogP contribution in [0.4, 0.5) is 0 Å². The number of rotatable bonds is 3. The maximum Gasteiger partial charge on any atom is 0.0928 e. The molecule has 0 bridgehead atoms. The van der Waals surface area contributed by atoms with Crippen LogP contribution in [0.15, 0.2) is 0 Å². The minimum atomic E-state index is -0.296. The Hall–Kier alpha value is -0.160. The number of hydrogen-bond acceptors (Lipinski definition) is 4. The second-order valence-corrected chi connectivity index (χ2v) is 4.17. The topological polar surface area (TPSA) is 44.7 Å². The number of hydrogen-bond donors (Lipinski definition) is 2. The van der Waals surface area contributed by atoms with Crippen LogP contribution in [0.3, 0.4) is 0 Å². The van der Waals surface area contributed by atoms with Crippen molar-refractivity contribution in [3.8, 4) is 0 Å². The molecule has 0 unspecified atom stereocenters. The fourth-order valence-electron chi connectivity index (χ4n) is 2.18. The number of β-amino-alcohol motifs (C(OH)–C–C–N with tert-alkyl or cyclic N) is 1. The molecule has 0 aromatic rings. The zero-order valence-electron chi connectivity index (χ0n) is 8.61. The molecule has 0 aliphatic carbocycles. The Labute approximate surface area is 85.2 Å². The van der Waals surface area contributed by atoms with E-state index < -0.39 is 0 Å². The van der Waals surface area contributed by atoms with Crippen LogP contribution in [0.5, 0.6) is 0 Å². The number of piperazine rings is 1. The molecule has 0 radical (unpaired) electrons. The highest BCUT2D eigenvalue weighted by molar-refractivity contribution is 4.78. The summed E-state index contributed by atoms with van der Waals surface area (Å²) in [6.07, 6.45) is 1.91. The van der Waals surface area contributed by atoms with Crippen molar-refractivity contribution >= 4 is 0 Å². The van der Waals surface area contributed by atoms with Gasteiger partial charge in [0.05, 0.1) is 12.2 Å². The van der Waals surface area contributed by atoms with Gasteiger partial charge < -0.3 is 15.2 Å². The monoisotopic (exact) mass is 200 g/mol. The molecule has 0 amide bonds. The van der Waals surface area contributed by atoms with Crippen LogP contribution in [0.2, 0.25) is 0 Å². The molecular formula is C10H20N2O2. The van der Waals surface area contributed by atoms with E-state index in [1.54, 1.807) is 0 Å². The van der Waals surface area contributed by atoms with Gasteiger partial charge in [-0.15, -0.1) is 0 Å². The number of aliphatic hydroxyl groups is 1. The summed E-state index contributed by atoms with van der Waals surface area (Å²) < 4.78 is 5.46. The summed E-state index contributed by atoms with van der Waals surface area (Å²) in [5, 5.41) is 13.2. The maximum absolute atomic E-state index is 9.91. The molecule has 14 heavy (non-hydrogen) atoms. The lowest BCUT2D eigenvalue weighted by molar-refractivity contribution is -0.0197. The Kier molecular flexibility index (Phi) is 3.75. The second-order valence-electron chi connectivity index (χ2n) is 4.17. The first-order valence-electron chi connectivity index (χ1n) is 5.59. The molecule has 0 spiro atoms. The summed E-state index contributed by atoms with van der Waals surface area (Å²) in [6.45, 7) is 5.76. The molecule has 2 saturated heterocycles. The summed E-state index contributed by atoms with van der Waals surface area (Å²) >= 11 is 0. The Bertz CT molecular complexity index is 166. The fraction of sp³-hybridized carbons (Fsp3) is 1.00. The summed E-state index contributed by atoms with van der Waals surface area (Å²) in [4.78, 5) is 2.31. The predicted molar refractivity (Wildman–Crippen MR) is 54.3 cm³/mol. The third-order valence-electron chi connectivity index (χ3n) is 3.05. The number of ether oxygens (including phenoxy) is 1. The average Bonchev–Trinajstić information content (AvgIpc) is 2.72. The van der Waals surface area contributed by atoms with Gasteiger partial charge in [0.15, 0.2) is 0 Å². The standard InChI is InChI=1S/C10H20N2O2/c13-9(10-2-1-7-14-10)8-12-5-3-11-4-6-12/h9-11,13H,1-8H2/t9-,10+/m0/s1. The van der Waals surface area contributed by atoms with Crippen molar-refractivity contribution in [3.05, 3.63) is 0 Å². The van der Waals surface area contributed by atoms with E-state index >= 15 is 0 Å². The summed E-state index contributed by atoms with van der Waals surface area (Å²) in [5.74, 6) is 0. The molecule has 2 heterocycles. The van der Waals surface area contributed by atoms with Crippen molar-refractivity contribution in [2.24, 2.45) is 0 Å². The molecule has 2 rings (SSSR count). The molecule has 0 aromatic carbocycles. The van der Waals surface area contributed by atoms with Gasteiger partial charge in [0.1, 0.15) is 0 Å². The Morgan fingerprint density at radius 1 is 1.43 bits per heavy atom. The van der Waals surface area contributed by atoms with Crippen molar-refractivity contribution in [1.82, 2.24) is 10.2 Å². The Morgan fingerprint density at radius 3 is 2.86 bits per heavy atom. The SMILES string of the molecule is O[C@@H](CN1CCNCC1)[C@H]1CCCO1. The molecule has 4 heteroatoms. The van der Waals surface area contributed by atoms with Gasteiger partial charge in [-0.25, -0.2) is 0 Å². The van der Waals surface area contributed by atoms with Gasteiger partial charge in [-0.2, -0.15) is 0 Å². The van der Waals surface area contributed by atoms with E-state index in [2.05, 4.69) is 10.2 Å². The van der Waals surface area contributed by atoms with Crippen LogP contribution < -0.4 is 5.32 Å². The second kappa shape index (κ2) is 5.07. The highest BCUT2D eigenvalue weighted by Gasteiger charge is 2.26. The number of nitrogens with one attached hydrogen (secondary N) is 1. The lowest BCUT2D eigenvalue weighted by Crippen LogP contribution is -2.48. The quantitative estimate of drug-likeness (QED) is 0.640. The summed E-state index contributed by atoms with van der Waals surface area (Å²) in [5.41, 5.74) is 0. The molecule has 2 aliphatic rings. The lowest BCUT2D eigenvalue weighted by atomic mass is 10.1. The van der Waals surface area contributed by atoms with Crippen molar-refractivity contribution in [2.45, 2.75) is 25.0 Å². The lowest BCUT2D eigenvalue weighted by Gasteiger charge is -2.30. The molecule has 2 N–H and O–H groups in total. The van der Waals surface area contributed by atoms with Crippen molar-refractivity contribution in [3.63, 3.8) is 0 Å². The van der Waals surface area contributed by atoms with Crippen LogP contribution >= 0.6 is 0 Å². The van der Waals surface area contributed by atoms with Crippen molar-refractivity contribution in [2.75, 3.05) is 39.3 Å². The third kappa shape index (κ3) is 2.67. The maximum atomic E-state index is 9.91. The van der Waals surface area contributed by atoms with Gasteiger partial charge in [0.2, 0.25) is 0 Å². The molecule has 2 atom stereocenters. The highest BCUT2D eigenvalue weighted by atomic mass is 16.5. The first-order valence-corrected chi connectivity index (χ1v) is 5.59. The minimum Gasteiger partial charge on any atom is -0.389 e. The van der Waals surface area contributed by atoms with Gasteiger partial charge in [-0.05, 0) is 12.8 Å². The van der Waals surface area contributed by atoms with E-state index in [0.717, 1.165) is 52.2 Å². The van der Waals surface area contributed by atoms with E-state index in [1.165, 1.54) is 0 Å². The number of aliphatic hydroxyl groups excluding tert-OH is 1. The highest BCUT2D eigenvalue weighted by Crippen LogP contribution is 2.16. The number of nitrogens with zero attached hydrogens (tertiary/aromatic N) is 1. The zero-order chi connectivity index (χ0) is 9.80. The van der Waals surface area contributed by atoms with Gasteiger partial charge >= 0.3 is 0 Å². The van der Waals surface area contributed by atoms with Crippen LogP contribution in [0, 0.1) is 0 Å². The first kappa shape index (κ1) is 10.4. The normalized spacial score (nSPS) is 31.9. The summed E-state index contributed by atoms with van der Waals surface area (Å²) in [7, 11) is 0. The third-order valence-corrected chi connectivity index (χ3v) is 3.05. The smallest absolute Gasteiger partial charge is 0.0928 e. The van der Waals surface area contributed by atoms with Gasteiger partial charge in [-0.1, -0.05) is 0 Å². The van der Waals surface area contributed by atoms with Crippen molar-refractivity contribution < 1.29 is 9.84 Å². The predicted octanol–water partition coefficient (Wildman–Crippen LogP) is -0.568.